The van der Waals surface area contributed by atoms with E-state index in [1.54, 1.807) is 0 Å². The lowest BCUT2D eigenvalue weighted by atomic mass is 9.87. The van der Waals surface area contributed by atoms with Crippen LogP contribution in [0.3, 0.4) is 0 Å². The highest BCUT2D eigenvalue weighted by Crippen LogP contribution is 2.36. The summed E-state index contributed by atoms with van der Waals surface area (Å²) < 4.78 is 8.50. The molecule has 0 atom stereocenters. The Hall–Kier alpha value is -5.05. The van der Waals surface area contributed by atoms with Crippen molar-refractivity contribution in [1.29, 1.82) is 0 Å². The van der Waals surface area contributed by atoms with Gasteiger partial charge in [-0.2, -0.15) is 0 Å². The molecule has 0 bridgehead atoms. The van der Waals surface area contributed by atoms with Crippen LogP contribution < -0.4 is 10.1 Å². The number of nitrogens with one attached hydrogen (secondary N) is 1. The first-order chi connectivity index (χ1) is 24.1. The van der Waals surface area contributed by atoms with Gasteiger partial charge in [-0.15, -0.1) is 10.2 Å². The van der Waals surface area contributed by atoms with Crippen molar-refractivity contribution in [2.24, 2.45) is 0 Å². The van der Waals surface area contributed by atoms with E-state index in [0.717, 1.165) is 51.0 Å². The summed E-state index contributed by atoms with van der Waals surface area (Å²) in [6.07, 6.45) is 0.772. The number of carboxylic acid groups (broad SMARTS) is 1. The molecule has 2 N–H and O–H groups in total. The molecule has 6 aromatic rings. The largest absolute Gasteiger partial charge is 0.493 e. The summed E-state index contributed by atoms with van der Waals surface area (Å²) in [5.41, 5.74) is 7.02. The van der Waals surface area contributed by atoms with E-state index in [9.17, 15) is 4.79 Å². The van der Waals surface area contributed by atoms with E-state index >= 15 is 0 Å². The Morgan fingerprint density at radius 2 is 1.58 bits per heavy atom. The molecule has 0 aliphatic heterocycles. The van der Waals surface area contributed by atoms with Crippen LogP contribution in [0.2, 0.25) is 5.02 Å². The lowest BCUT2D eigenvalue weighted by Gasteiger charge is -2.19. The third-order valence-electron chi connectivity index (χ3n) is 8.26. The van der Waals surface area contributed by atoms with Crippen molar-refractivity contribution < 1.29 is 14.6 Å². The molecule has 254 valence electrons. The Labute approximate surface area is 302 Å². The van der Waals surface area contributed by atoms with Crippen LogP contribution in [-0.2, 0) is 29.6 Å². The van der Waals surface area contributed by atoms with Crippen LogP contribution in [0.4, 0.5) is 5.69 Å². The van der Waals surface area contributed by atoms with Gasteiger partial charge in [0.15, 0.2) is 5.82 Å². The maximum absolute atomic E-state index is 11.1. The van der Waals surface area contributed by atoms with E-state index in [-0.39, 0.29) is 11.8 Å². The van der Waals surface area contributed by atoms with Crippen molar-refractivity contribution >= 4 is 35.0 Å². The predicted molar refractivity (Wildman–Crippen MR) is 202 cm³/mol. The van der Waals surface area contributed by atoms with Gasteiger partial charge in [-0.25, -0.2) is 0 Å². The fourth-order valence-corrected chi connectivity index (χ4v) is 6.49. The number of carboxylic acids is 1. The normalized spacial score (nSPS) is 11.4. The van der Waals surface area contributed by atoms with E-state index in [4.69, 9.17) is 21.4 Å². The molecule has 0 saturated carbocycles. The van der Waals surface area contributed by atoms with Crippen LogP contribution in [0.5, 0.6) is 5.75 Å². The Morgan fingerprint density at radius 1 is 0.860 bits per heavy atom. The van der Waals surface area contributed by atoms with Crippen LogP contribution in [0, 0.1) is 0 Å². The average Bonchev–Trinajstić information content (AvgIpc) is 3.52. The van der Waals surface area contributed by atoms with Crippen LogP contribution in [0.15, 0.2) is 131 Å². The lowest BCUT2D eigenvalue weighted by Crippen LogP contribution is -2.10. The molecule has 0 spiro atoms. The third kappa shape index (κ3) is 8.94. The van der Waals surface area contributed by atoms with Crippen LogP contribution >= 0.6 is 23.4 Å². The van der Waals surface area contributed by atoms with Crippen molar-refractivity contribution in [2.45, 2.75) is 55.6 Å². The summed E-state index contributed by atoms with van der Waals surface area (Å²) in [6.45, 7) is 7.66. The van der Waals surface area contributed by atoms with Gasteiger partial charge in [0.2, 0.25) is 5.16 Å². The van der Waals surface area contributed by atoms with Crippen molar-refractivity contribution in [3.63, 3.8) is 0 Å². The summed E-state index contributed by atoms with van der Waals surface area (Å²) in [6, 6.07) is 40.2. The maximum Gasteiger partial charge on any atom is 0.307 e. The Morgan fingerprint density at radius 3 is 2.26 bits per heavy atom. The number of halogens is 1. The first-order valence-corrected chi connectivity index (χ1v) is 17.7. The molecule has 9 heteroatoms. The minimum absolute atomic E-state index is 0.00440. The molecule has 0 aliphatic rings. The predicted octanol–water partition coefficient (Wildman–Crippen LogP) is 9.90. The lowest BCUT2D eigenvalue weighted by molar-refractivity contribution is -0.136. The second-order valence-corrected chi connectivity index (χ2v) is 14.5. The fraction of sp³-hybridized carbons (Fsp3) is 0.195. The number of hydrogen-bond acceptors (Lipinski definition) is 6. The zero-order valence-corrected chi connectivity index (χ0v) is 29.8. The summed E-state index contributed by atoms with van der Waals surface area (Å²) >= 11 is 7.79. The SMILES string of the molecule is CC(C)(C)c1ccc(-c2nnc(Sc3ccc(CNc4ccc(CC(=O)O)cc4)c(OCCc4ccccc4)c3)n2-c2ccc(Cl)cc2)cc1. The third-order valence-corrected chi connectivity index (χ3v) is 9.45. The Balaban J connectivity index is 1.28. The summed E-state index contributed by atoms with van der Waals surface area (Å²) in [5, 5.41) is 23.3. The fourth-order valence-electron chi connectivity index (χ4n) is 5.49. The molecule has 0 unspecified atom stereocenters. The van der Waals surface area contributed by atoms with E-state index in [2.05, 4.69) is 95.4 Å². The number of hydrogen-bond donors (Lipinski definition) is 2. The molecule has 0 fully saturated rings. The van der Waals surface area contributed by atoms with Gasteiger partial charge >= 0.3 is 5.97 Å². The van der Waals surface area contributed by atoms with Gasteiger partial charge in [0, 0.05) is 45.4 Å². The highest BCUT2D eigenvalue weighted by atomic mass is 35.5. The maximum atomic E-state index is 11.1. The van der Waals surface area contributed by atoms with Gasteiger partial charge in [-0.05, 0) is 82.4 Å². The molecule has 1 heterocycles. The number of aromatic nitrogens is 3. The number of benzene rings is 5. The molecule has 6 rings (SSSR count). The smallest absolute Gasteiger partial charge is 0.307 e. The Bertz CT molecular complexity index is 2040. The zero-order valence-electron chi connectivity index (χ0n) is 28.3. The van der Waals surface area contributed by atoms with Gasteiger partial charge in [-0.3, -0.25) is 9.36 Å². The zero-order chi connectivity index (χ0) is 35.1. The number of nitrogens with zero attached hydrogens (tertiary/aromatic N) is 3. The quantitative estimate of drug-likeness (QED) is 0.124. The summed E-state index contributed by atoms with van der Waals surface area (Å²) in [5.74, 6) is 0.666. The van der Waals surface area contributed by atoms with Crippen molar-refractivity contribution in [3.05, 3.63) is 149 Å². The van der Waals surface area contributed by atoms with Gasteiger partial charge in [0.05, 0.1) is 13.0 Å². The van der Waals surface area contributed by atoms with E-state index in [1.165, 1.54) is 22.9 Å². The van der Waals surface area contributed by atoms with Gasteiger partial charge in [-0.1, -0.05) is 105 Å². The first kappa shape index (κ1) is 34.8. The molecule has 0 aliphatic carbocycles. The second kappa shape index (κ2) is 15.7. The van der Waals surface area contributed by atoms with Gasteiger partial charge < -0.3 is 15.2 Å². The van der Waals surface area contributed by atoms with Crippen molar-refractivity contribution in [1.82, 2.24) is 14.8 Å². The van der Waals surface area contributed by atoms with Crippen molar-refractivity contribution in [2.75, 3.05) is 11.9 Å². The second-order valence-electron chi connectivity index (χ2n) is 13.0. The monoisotopic (exact) mass is 702 g/mol. The van der Waals surface area contributed by atoms with E-state index in [0.29, 0.717) is 23.3 Å². The number of carbonyl (C=O) groups is 1. The van der Waals surface area contributed by atoms with E-state index < -0.39 is 5.97 Å². The van der Waals surface area contributed by atoms with Crippen molar-refractivity contribution in [3.8, 4) is 22.8 Å². The van der Waals surface area contributed by atoms with Gasteiger partial charge in [0.1, 0.15) is 5.75 Å². The molecule has 0 saturated heterocycles. The first-order valence-electron chi connectivity index (χ1n) is 16.5. The van der Waals surface area contributed by atoms with Crippen LogP contribution in [-0.4, -0.2) is 32.4 Å². The average molecular weight is 703 g/mol. The minimum Gasteiger partial charge on any atom is -0.493 e. The summed E-state index contributed by atoms with van der Waals surface area (Å²) in [7, 11) is 0. The van der Waals surface area contributed by atoms with E-state index in [1.807, 2.05) is 66.7 Å². The van der Waals surface area contributed by atoms with Crippen LogP contribution in [0.1, 0.15) is 43.0 Å². The molecule has 1 aromatic heterocycles. The minimum atomic E-state index is -0.849. The molecule has 7 nitrogen and oxygen atoms in total. The highest BCUT2D eigenvalue weighted by molar-refractivity contribution is 7.99. The van der Waals surface area contributed by atoms with Gasteiger partial charge in [0.25, 0.3) is 0 Å². The summed E-state index contributed by atoms with van der Waals surface area (Å²) in [4.78, 5) is 12.0. The number of anilines is 1. The standard InChI is InChI=1S/C41H39ClN4O3S/c1-41(2,3)32-14-11-30(12-15-32)39-44-45-40(46(39)35-20-16-33(42)17-21-35)50-36-22-13-31(27-43-34-18-9-29(10-19-34)25-38(47)48)37(26-36)49-24-23-28-7-5-4-6-8-28/h4-22,26,43H,23-25,27H2,1-3H3,(H,47,48). The molecule has 50 heavy (non-hydrogen) atoms. The molecular weight excluding hydrogens is 664 g/mol. The molecule has 5 aromatic carbocycles. The number of rotatable bonds is 13. The highest BCUT2D eigenvalue weighted by Gasteiger charge is 2.20. The van der Waals surface area contributed by atoms with Crippen LogP contribution in [0.25, 0.3) is 17.1 Å². The Kier molecular flexibility index (Phi) is 10.9. The number of aliphatic carboxylic acids is 1. The number of ether oxygens (including phenoxy) is 1. The molecule has 0 amide bonds. The topological polar surface area (TPSA) is 89.3 Å². The molecule has 0 radical (unpaired) electrons. The molecular formula is C41H39ClN4O3S.